The van der Waals surface area contributed by atoms with Crippen molar-refractivity contribution >= 4 is 0 Å². The SMILES string of the molecule is COc1cccc(OC)c1C(O)C1CC=CCC1. The Bertz CT molecular complexity index is 403. The molecule has 1 N–H and O–H groups in total. The van der Waals surface area contributed by atoms with Gasteiger partial charge in [-0.15, -0.1) is 0 Å². The highest BCUT2D eigenvalue weighted by Crippen LogP contribution is 2.40. The Balaban J connectivity index is 2.32. The third-order valence-electron chi connectivity index (χ3n) is 3.52. The van der Waals surface area contributed by atoms with E-state index in [9.17, 15) is 5.11 Å². The average Bonchev–Trinajstić information content (AvgIpc) is 2.46. The Morgan fingerprint density at radius 2 is 1.83 bits per heavy atom. The number of rotatable bonds is 4. The first kappa shape index (κ1) is 13.0. The predicted molar refractivity (Wildman–Crippen MR) is 71.0 cm³/mol. The van der Waals surface area contributed by atoms with Gasteiger partial charge in [-0.25, -0.2) is 0 Å². The Kier molecular flexibility index (Phi) is 4.26. The van der Waals surface area contributed by atoms with Crippen molar-refractivity contribution in [2.45, 2.75) is 25.4 Å². The molecule has 3 nitrogen and oxygen atoms in total. The fraction of sp³-hybridized carbons (Fsp3) is 0.467. The predicted octanol–water partition coefficient (Wildman–Crippen LogP) is 3.09. The van der Waals surface area contributed by atoms with Crippen LogP contribution >= 0.6 is 0 Å². The van der Waals surface area contributed by atoms with Gasteiger partial charge >= 0.3 is 0 Å². The molecule has 1 aromatic rings. The van der Waals surface area contributed by atoms with Crippen LogP contribution in [0, 0.1) is 5.92 Å². The number of allylic oxidation sites excluding steroid dienone is 2. The van der Waals surface area contributed by atoms with E-state index in [4.69, 9.17) is 9.47 Å². The van der Waals surface area contributed by atoms with E-state index in [1.807, 2.05) is 18.2 Å². The van der Waals surface area contributed by atoms with E-state index in [1.165, 1.54) is 0 Å². The maximum absolute atomic E-state index is 10.6. The highest BCUT2D eigenvalue weighted by atomic mass is 16.5. The highest BCUT2D eigenvalue weighted by Gasteiger charge is 2.26. The largest absolute Gasteiger partial charge is 0.496 e. The van der Waals surface area contributed by atoms with Gasteiger partial charge in [-0.2, -0.15) is 0 Å². The van der Waals surface area contributed by atoms with E-state index in [1.54, 1.807) is 14.2 Å². The summed E-state index contributed by atoms with van der Waals surface area (Å²) in [5, 5.41) is 10.6. The first-order valence-electron chi connectivity index (χ1n) is 6.32. The summed E-state index contributed by atoms with van der Waals surface area (Å²) in [6.07, 6.45) is 6.70. The minimum atomic E-state index is -0.541. The van der Waals surface area contributed by atoms with E-state index in [-0.39, 0.29) is 5.92 Å². The van der Waals surface area contributed by atoms with Gasteiger partial charge in [-0.1, -0.05) is 18.2 Å². The third-order valence-corrected chi connectivity index (χ3v) is 3.52. The van der Waals surface area contributed by atoms with Crippen molar-refractivity contribution in [2.24, 2.45) is 5.92 Å². The first-order chi connectivity index (χ1) is 8.77. The normalized spacial score (nSPS) is 20.5. The van der Waals surface area contributed by atoms with Crippen LogP contribution in [0.15, 0.2) is 30.4 Å². The fourth-order valence-electron chi connectivity index (χ4n) is 2.51. The molecule has 0 radical (unpaired) electrons. The number of methoxy groups -OCH3 is 2. The number of aliphatic hydroxyl groups is 1. The molecule has 0 amide bonds. The van der Waals surface area contributed by atoms with Gasteiger partial charge in [0.2, 0.25) is 0 Å². The Hall–Kier alpha value is -1.48. The number of ether oxygens (including phenoxy) is 2. The van der Waals surface area contributed by atoms with Gasteiger partial charge in [-0.05, 0) is 37.3 Å². The number of aliphatic hydroxyl groups excluding tert-OH is 1. The van der Waals surface area contributed by atoms with Crippen molar-refractivity contribution in [3.05, 3.63) is 35.9 Å². The lowest BCUT2D eigenvalue weighted by Gasteiger charge is -2.26. The van der Waals surface area contributed by atoms with Crippen molar-refractivity contribution in [2.75, 3.05) is 14.2 Å². The number of hydrogen-bond acceptors (Lipinski definition) is 3. The summed E-state index contributed by atoms with van der Waals surface area (Å²) < 4.78 is 10.7. The van der Waals surface area contributed by atoms with E-state index >= 15 is 0 Å². The van der Waals surface area contributed by atoms with E-state index in [2.05, 4.69) is 12.2 Å². The second-order valence-electron chi connectivity index (χ2n) is 4.57. The topological polar surface area (TPSA) is 38.7 Å². The molecule has 0 saturated heterocycles. The van der Waals surface area contributed by atoms with Crippen LogP contribution in [-0.2, 0) is 0 Å². The van der Waals surface area contributed by atoms with Crippen LogP contribution in [0.3, 0.4) is 0 Å². The van der Waals surface area contributed by atoms with Gasteiger partial charge in [0, 0.05) is 0 Å². The molecule has 1 aliphatic rings. The summed E-state index contributed by atoms with van der Waals surface area (Å²) in [5.41, 5.74) is 0.766. The van der Waals surface area contributed by atoms with Gasteiger partial charge in [0.05, 0.1) is 25.9 Å². The molecule has 1 aromatic carbocycles. The van der Waals surface area contributed by atoms with Crippen LogP contribution in [-0.4, -0.2) is 19.3 Å². The molecule has 0 saturated carbocycles. The molecular weight excluding hydrogens is 228 g/mol. The van der Waals surface area contributed by atoms with Crippen molar-refractivity contribution in [3.63, 3.8) is 0 Å². The summed E-state index contributed by atoms with van der Waals surface area (Å²) in [5.74, 6) is 1.62. The molecule has 1 aliphatic carbocycles. The lowest BCUT2D eigenvalue weighted by molar-refractivity contribution is 0.0968. The van der Waals surface area contributed by atoms with Gasteiger partial charge in [0.25, 0.3) is 0 Å². The number of benzene rings is 1. The molecule has 0 bridgehead atoms. The summed E-state index contributed by atoms with van der Waals surface area (Å²) >= 11 is 0. The summed E-state index contributed by atoms with van der Waals surface area (Å²) in [4.78, 5) is 0. The van der Waals surface area contributed by atoms with Crippen molar-refractivity contribution < 1.29 is 14.6 Å². The molecule has 0 spiro atoms. The Morgan fingerprint density at radius 1 is 1.17 bits per heavy atom. The van der Waals surface area contributed by atoms with Crippen LogP contribution in [0.1, 0.15) is 30.9 Å². The third kappa shape index (κ3) is 2.51. The van der Waals surface area contributed by atoms with Crippen LogP contribution in [0.2, 0.25) is 0 Å². The van der Waals surface area contributed by atoms with Crippen LogP contribution in [0.5, 0.6) is 11.5 Å². The van der Waals surface area contributed by atoms with Crippen LogP contribution < -0.4 is 9.47 Å². The molecule has 2 unspecified atom stereocenters. The lowest BCUT2D eigenvalue weighted by atomic mass is 9.85. The number of hydrogen-bond donors (Lipinski definition) is 1. The smallest absolute Gasteiger partial charge is 0.128 e. The van der Waals surface area contributed by atoms with Gasteiger partial charge < -0.3 is 14.6 Å². The Morgan fingerprint density at radius 3 is 2.33 bits per heavy atom. The minimum absolute atomic E-state index is 0.236. The van der Waals surface area contributed by atoms with Gasteiger partial charge in [0.1, 0.15) is 11.5 Å². The van der Waals surface area contributed by atoms with Crippen molar-refractivity contribution in [3.8, 4) is 11.5 Å². The minimum Gasteiger partial charge on any atom is -0.496 e. The molecule has 3 heteroatoms. The molecular formula is C15H20O3. The van der Waals surface area contributed by atoms with E-state index in [0.29, 0.717) is 11.5 Å². The second-order valence-corrected chi connectivity index (χ2v) is 4.57. The quantitative estimate of drug-likeness (QED) is 0.832. The molecule has 0 heterocycles. The molecule has 0 fully saturated rings. The summed E-state index contributed by atoms with van der Waals surface area (Å²) in [6, 6.07) is 5.59. The molecule has 18 heavy (non-hydrogen) atoms. The van der Waals surface area contributed by atoms with Gasteiger partial charge in [0.15, 0.2) is 0 Å². The zero-order chi connectivity index (χ0) is 13.0. The van der Waals surface area contributed by atoms with E-state index < -0.39 is 6.10 Å². The van der Waals surface area contributed by atoms with Crippen LogP contribution in [0.25, 0.3) is 0 Å². The second kappa shape index (κ2) is 5.91. The summed E-state index contributed by atoms with van der Waals surface area (Å²) in [6.45, 7) is 0. The standard InChI is InChI=1S/C15H20O3/c1-17-12-9-6-10-13(18-2)14(12)15(16)11-7-4-3-5-8-11/h3-4,6,9-11,15-16H,5,7-8H2,1-2H3. The summed E-state index contributed by atoms with van der Waals surface area (Å²) in [7, 11) is 3.23. The van der Waals surface area contributed by atoms with Crippen molar-refractivity contribution in [1.29, 1.82) is 0 Å². The molecule has 0 aromatic heterocycles. The molecule has 2 rings (SSSR count). The maximum Gasteiger partial charge on any atom is 0.128 e. The molecule has 98 valence electrons. The highest BCUT2D eigenvalue weighted by molar-refractivity contribution is 5.46. The van der Waals surface area contributed by atoms with Crippen LogP contribution in [0.4, 0.5) is 0 Å². The average molecular weight is 248 g/mol. The maximum atomic E-state index is 10.6. The molecule has 2 atom stereocenters. The monoisotopic (exact) mass is 248 g/mol. The van der Waals surface area contributed by atoms with E-state index in [0.717, 1.165) is 24.8 Å². The van der Waals surface area contributed by atoms with Gasteiger partial charge in [-0.3, -0.25) is 0 Å². The lowest BCUT2D eigenvalue weighted by Crippen LogP contribution is -2.15. The fourth-order valence-corrected chi connectivity index (χ4v) is 2.51. The zero-order valence-corrected chi connectivity index (χ0v) is 10.9. The first-order valence-corrected chi connectivity index (χ1v) is 6.32. The van der Waals surface area contributed by atoms with Crippen molar-refractivity contribution in [1.82, 2.24) is 0 Å². The Labute approximate surface area is 108 Å². The molecule has 0 aliphatic heterocycles. The zero-order valence-electron chi connectivity index (χ0n) is 10.9.